The first-order chi connectivity index (χ1) is 24.8. The van der Waals surface area contributed by atoms with Gasteiger partial charge in [-0.05, 0) is 25.0 Å². The minimum atomic E-state index is -0.719. The molecule has 18 heteroatoms. The molecular formula is C34H40N10O8. The third-order valence-corrected chi connectivity index (χ3v) is 9.81. The molecule has 0 saturated carbocycles. The lowest BCUT2D eigenvalue weighted by molar-refractivity contribution is 0.523. The van der Waals surface area contributed by atoms with E-state index in [9.17, 15) is 38.4 Å². The summed E-state index contributed by atoms with van der Waals surface area (Å²) in [4.78, 5) is 115. The SMILES string of the molecule is Cn1c(=O)nc2n(CCCCCCCCCCCCn3c4nc(=O)n(C)c(=O)c-4cc4c(=O)n(C)c(=O)[nH]c43)c3[nH]c(=O)n(C)c(=O)c3cc-2c1=O. The van der Waals surface area contributed by atoms with Crippen molar-refractivity contribution in [2.75, 3.05) is 0 Å². The number of H-pyrrole nitrogens is 2. The quantitative estimate of drug-likeness (QED) is 0.121. The second-order valence-electron chi connectivity index (χ2n) is 13.2. The molecule has 0 radical (unpaired) electrons. The van der Waals surface area contributed by atoms with Crippen LogP contribution in [0.25, 0.3) is 44.8 Å². The van der Waals surface area contributed by atoms with Gasteiger partial charge in [0.05, 0.1) is 21.9 Å². The topological polar surface area (TPSA) is 223 Å². The van der Waals surface area contributed by atoms with Crippen LogP contribution < -0.4 is 45.0 Å². The number of aryl methyl sites for hydroxylation is 2. The van der Waals surface area contributed by atoms with Crippen molar-refractivity contribution < 1.29 is 0 Å². The minimum Gasteiger partial charge on any atom is -0.311 e. The molecule has 0 atom stereocenters. The van der Waals surface area contributed by atoms with Gasteiger partial charge in [0.2, 0.25) is 0 Å². The molecule has 0 aromatic carbocycles. The van der Waals surface area contributed by atoms with E-state index in [4.69, 9.17) is 0 Å². The third kappa shape index (κ3) is 6.39. The fourth-order valence-corrected chi connectivity index (χ4v) is 6.67. The van der Waals surface area contributed by atoms with Gasteiger partial charge in [-0.25, -0.2) is 19.2 Å². The number of hydrogen-bond donors (Lipinski definition) is 2. The zero-order valence-corrected chi connectivity index (χ0v) is 29.5. The molecule has 2 N–H and O–H groups in total. The lowest BCUT2D eigenvalue weighted by Gasteiger charge is -2.18. The normalized spacial score (nSPS) is 11.8. The average Bonchev–Trinajstić information content (AvgIpc) is 3.12. The van der Waals surface area contributed by atoms with Crippen molar-refractivity contribution in [2.45, 2.75) is 77.3 Å². The van der Waals surface area contributed by atoms with Gasteiger partial charge in [-0.2, -0.15) is 9.97 Å². The molecule has 0 unspecified atom stereocenters. The molecular weight excluding hydrogens is 676 g/mol. The van der Waals surface area contributed by atoms with Gasteiger partial charge >= 0.3 is 22.8 Å². The van der Waals surface area contributed by atoms with Gasteiger partial charge < -0.3 is 9.13 Å². The van der Waals surface area contributed by atoms with Crippen LogP contribution in [0.4, 0.5) is 0 Å². The summed E-state index contributed by atoms with van der Waals surface area (Å²) >= 11 is 0. The zero-order valence-electron chi connectivity index (χ0n) is 29.5. The van der Waals surface area contributed by atoms with E-state index in [2.05, 4.69) is 19.9 Å². The molecule has 4 aliphatic heterocycles. The molecule has 52 heavy (non-hydrogen) atoms. The lowest BCUT2D eigenvalue weighted by Crippen LogP contribution is -2.38. The molecule has 0 amide bonds. The minimum absolute atomic E-state index is 0.127. The van der Waals surface area contributed by atoms with Gasteiger partial charge in [0.25, 0.3) is 22.2 Å². The van der Waals surface area contributed by atoms with Gasteiger partial charge in [0, 0.05) is 41.3 Å². The third-order valence-electron chi connectivity index (χ3n) is 9.81. The van der Waals surface area contributed by atoms with E-state index in [-0.39, 0.29) is 44.8 Å². The largest absolute Gasteiger partial charge is 0.352 e. The van der Waals surface area contributed by atoms with Crippen molar-refractivity contribution in [3.05, 3.63) is 95.5 Å². The second-order valence-corrected chi connectivity index (χ2v) is 13.2. The Labute approximate surface area is 293 Å². The molecule has 6 rings (SSSR count). The maximum Gasteiger partial charge on any atom is 0.352 e. The molecule has 274 valence electrons. The number of pyridine rings is 2. The molecule has 0 saturated heterocycles. The van der Waals surface area contributed by atoms with Crippen molar-refractivity contribution >= 4 is 22.1 Å². The molecule has 0 spiro atoms. The maximum atomic E-state index is 12.9. The van der Waals surface area contributed by atoms with Gasteiger partial charge in [-0.3, -0.25) is 47.4 Å². The molecule has 6 heterocycles. The van der Waals surface area contributed by atoms with Gasteiger partial charge in [-0.1, -0.05) is 51.4 Å². The standard InChI is InChI=1S/C34H40N10O8/c1-39-27(45)19-17-20-24(36-32(50)40(2)28(20)46)43(23(19)35-31(39)49)15-13-11-9-7-5-6-8-10-12-14-16-44-25-21(29(47)41(3)33(51)37-25)18-22-26(44)38-34(52)42(4)30(22)48/h17-18H,5-16H2,1-4H3,(H,35,49)(H,37,51). The Balaban J connectivity index is 1.02. The molecule has 2 aromatic rings. The van der Waals surface area contributed by atoms with E-state index in [0.29, 0.717) is 25.9 Å². The van der Waals surface area contributed by atoms with Gasteiger partial charge in [0.15, 0.2) is 11.6 Å². The van der Waals surface area contributed by atoms with Crippen LogP contribution in [-0.4, -0.2) is 47.3 Å². The predicted octanol–water partition coefficient (Wildman–Crippen LogP) is 0.0886. The van der Waals surface area contributed by atoms with Crippen molar-refractivity contribution in [1.29, 1.82) is 0 Å². The summed E-state index contributed by atoms with van der Waals surface area (Å²) in [5.41, 5.74) is -4.18. The lowest BCUT2D eigenvalue weighted by atomic mass is 10.1. The summed E-state index contributed by atoms with van der Waals surface area (Å²) in [6.07, 6.45) is 8.98. The van der Waals surface area contributed by atoms with Crippen molar-refractivity contribution in [1.82, 2.24) is 47.3 Å². The van der Waals surface area contributed by atoms with Crippen LogP contribution in [0.15, 0.2) is 50.5 Å². The molecule has 0 bridgehead atoms. The summed E-state index contributed by atoms with van der Waals surface area (Å²) in [6.45, 7) is 0.701. The highest BCUT2D eigenvalue weighted by Gasteiger charge is 2.23. The molecule has 4 aliphatic rings. The number of hydrogen-bond acceptors (Lipinski definition) is 10. The van der Waals surface area contributed by atoms with Crippen LogP contribution in [0.3, 0.4) is 0 Å². The fraction of sp³-hybridized carbons (Fsp3) is 0.471. The summed E-state index contributed by atoms with van der Waals surface area (Å²) < 4.78 is 6.82. The highest BCUT2D eigenvalue weighted by Crippen LogP contribution is 2.23. The molecule has 18 nitrogen and oxygen atoms in total. The first-order valence-electron chi connectivity index (χ1n) is 17.3. The summed E-state index contributed by atoms with van der Waals surface area (Å²) in [5.74, 6) is 0.259. The first-order valence-corrected chi connectivity index (χ1v) is 17.3. The number of aromatic amines is 2. The molecule has 2 aromatic heterocycles. The predicted molar refractivity (Wildman–Crippen MR) is 194 cm³/mol. The summed E-state index contributed by atoms with van der Waals surface area (Å²) in [7, 11) is 5.35. The van der Waals surface area contributed by atoms with E-state index in [1.54, 1.807) is 9.13 Å². The Morgan fingerprint density at radius 2 is 0.788 bits per heavy atom. The maximum absolute atomic E-state index is 12.9. The Hall–Kier alpha value is -5.94. The van der Waals surface area contributed by atoms with E-state index >= 15 is 0 Å². The summed E-state index contributed by atoms with van der Waals surface area (Å²) in [5, 5.41) is 0.326. The molecule has 0 fully saturated rings. The van der Waals surface area contributed by atoms with Crippen LogP contribution in [0.1, 0.15) is 64.2 Å². The van der Waals surface area contributed by atoms with Crippen LogP contribution in [0, 0.1) is 0 Å². The Morgan fingerprint density at radius 1 is 0.462 bits per heavy atom. The second kappa shape index (κ2) is 14.4. The van der Waals surface area contributed by atoms with Crippen molar-refractivity contribution in [3.8, 4) is 22.8 Å². The van der Waals surface area contributed by atoms with Crippen LogP contribution >= 0.6 is 0 Å². The fourth-order valence-electron chi connectivity index (χ4n) is 6.67. The highest BCUT2D eigenvalue weighted by atomic mass is 16.2. The van der Waals surface area contributed by atoms with Crippen LogP contribution in [0.2, 0.25) is 0 Å². The van der Waals surface area contributed by atoms with E-state index < -0.39 is 45.0 Å². The van der Waals surface area contributed by atoms with Crippen molar-refractivity contribution in [3.63, 3.8) is 0 Å². The van der Waals surface area contributed by atoms with Gasteiger partial charge in [-0.15, -0.1) is 0 Å². The molecule has 0 aliphatic carbocycles. The van der Waals surface area contributed by atoms with Crippen LogP contribution in [0.5, 0.6) is 0 Å². The number of nitrogens with one attached hydrogen (secondary N) is 2. The highest BCUT2D eigenvalue weighted by molar-refractivity contribution is 5.82. The van der Waals surface area contributed by atoms with E-state index in [0.717, 1.165) is 69.6 Å². The Morgan fingerprint density at radius 3 is 1.13 bits per heavy atom. The smallest absolute Gasteiger partial charge is 0.311 e. The van der Waals surface area contributed by atoms with Crippen molar-refractivity contribution in [2.24, 2.45) is 28.2 Å². The average molecular weight is 717 g/mol. The van der Waals surface area contributed by atoms with Crippen LogP contribution in [-0.2, 0) is 41.3 Å². The zero-order chi connectivity index (χ0) is 37.4. The number of unbranched alkanes of at least 4 members (excludes halogenated alkanes) is 9. The Kier molecular flexibility index (Phi) is 9.90. The number of fused-ring (bicyclic) bond motifs is 4. The van der Waals surface area contributed by atoms with Gasteiger partial charge in [0.1, 0.15) is 11.3 Å². The number of aromatic nitrogens is 10. The van der Waals surface area contributed by atoms with E-state index in [1.165, 1.54) is 40.3 Å². The van der Waals surface area contributed by atoms with E-state index in [1.807, 2.05) is 0 Å². The number of rotatable bonds is 13. The first kappa shape index (κ1) is 35.9. The number of nitrogens with zero attached hydrogens (tertiary/aromatic N) is 8. The summed E-state index contributed by atoms with van der Waals surface area (Å²) in [6, 6.07) is 2.77. The Bertz CT molecular complexity index is 2560. The monoisotopic (exact) mass is 716 g/mol.